The lowest BCUT2D eigenvalue weighted by Gasteiger charge is -2.02. The van der Waals surface area contributed by atoms with Crippen LogP contribution in [0.3, 0.4) is 0 Å². The molecule has 0 saturated carbocycles. The van der Waals surface area contributed by atoms with E-state index < -0.39 is 18.1 Å². The van der Waals surface area contributed by atoms with Crippen molar-refractivity contribution >= 4 is 5.97 Å². The zero-order valence-electron chi connectivity index (χ0n) is 6.79. The Hall–Kier alpha value is -1.52. The molecule has 1 N–H and O–H groups in total. The molecule has 0 atom stereocenters. The van der Waals surface area contributed by atoms with E-state index in [9.17, 15) is 13.6 Å². The summed E-state index contributed by atoms with van der Waals surface area (Å²) < 4.78 is 24.3. The molecule has 0 unspecified atom stereocenters. The third-order valence-electron chi connectivity index (χ3n) is 1.43. The van der Waals surface area contributed by atoms with Gasteiger partial charge >= 0.3 is 5.97 Å². The molecule has 0 saturated heterocycles. The number of pyridine rings is 1. The van der Waals surface area contributed by atoms with Crippen molar-refractivity contribution in [2.24, 2.45) is 0 Å². The molecule has 0 radical (unpaired) electrons. The topological polar surface area (TPSA) is 50.2 Å². The van der Waals surface area contributed by atoms with Crippen LogP contribution in [0, 0.1) is 6.92 Å². The Bertz CT molecular complexity index is 339. The highest BCUT2D eigenvalue weighted by atomic mass is 19.3. The van der Waals surface area contributed by atoms with Crippen LogP contribution in [0.4, 0.5) is 8.78 Å². The summed E-state index contributed by atoms with van der Waals surface area (Å²) in [5.74, 6) is -1.30. The van der Waals surface area contributed by atoms with Crippen molar-refractivity contribution in [3.63, 3.8) is 0 Å². The SMILES string of the molecule is Cc1cc(C(=O)O)nc(C(F)F)c1. The van der Waals surface area contributed by atoms with E-state index in [1.807, 2.05) is 0 Å². The number of hydrogen-bond acceptors (Lipinski definition) is 2. The van der Waals surface area contributed by atoms with E-state index in [0.29, 0.717) is 5.56 Å². The van der Waals surface area contributed by atoms with Crippen LogP contribution in [0.5, 0.6) is 0 Å². The van der Waals surface area contributed by atoms with Crippen LogP contribution in [0.25, 0.3) is 0 Å². The second-order valence-electron chi connectivity index (χ2n) is 2.56. The first-order valence-corrected chi connectivity index (χ1v) is 3.50. The predicted molar refractivity (Wildman–Crippen MR) is 40.9 cm³/mol. The Kier molecular flexibility index (Phi) is 2.55. The van der Waals surface area contributed by atoms with Gasteiger partial charge in [-0.1, -0.05) is 0 Å². The number of nitrogens with zero attached hydrogens (tertiary/aromatic N) is 1. The smallest absolute Gasteiger partial charge is 0.354 e. The van der Waals surface area contributed by atoms with Gasteiger partial charge < -0.3 is 5.11 Å². The maximum atomic E-state index is 12.1. The summed E-state index contributed by atoms with van der Waals surface area (Å²) in [6, 6.07) is 2.41. The van der Waals surface area contributed by atoms with Gasteiger partial charge in [-0.3, -0.25) is 0 Å². The van der Waals surface area contributed by atoms with Crippen LogP contribution < -0.4 is 0 Å². The summed E-state index contributed by atoms with van der Waals surface area (Å²) in [6.45, 7) is 1.54. The molecule has 1 heterocycles. The van der Waals surface area contributed by atoms with Gasteiger partial charge in [-0.15, -0.1) is 0 Å². The second kappa shape index (κ2) is 3.47. The predicted octanol–water partition coefficient (Wildman–Crippen LogP) is 2.03. The normalized spacial score (nSPS) is 10.5. The minimum absolute atomic E-state index is 0.352. The Morgan fingerprint density at radius 1 is 1.54 bits per heavy atom. The van der Waals surface area contributed by atoms with Crippen molar-refractivity contribution in [1.82, 2.24) is 4.98 Å². The van der Waals surface area contributed by atoms with E-state index in [4.69, 9.17) is 5.11 Å². The highest BCUT2D eigenvalue weighted by Gasteiger charge is 2.13. The molecule has 3 nitrogen and oxygen atoms in total. The first-order chi connectivity index (χ1) is 6.00. The highest BCUT2D eigenvalue weighted by molar-refractivity contribution is 5.85. The van der Waals surface area contributed by atoms with Gasteiger partial charge in [-0.2, -0.15) is 0 Å². The number of carbonyl (C=O) groups is 1. The van der Waals surface area contributed by atoms with Crippen LogP contribution in [0.1, 0.15) is 28.2 Å². The third kappa shape index (κ3) is 2.21. The number of rotatable bonds is 2. The molecule has 0 spiro atoms. The standard InChI is InChI=1S/C8H7F2NO2/c1-4-2-5(7(9)10)11-6(3-4)8(12)13/h2-3,7H,1H3,(H,12,13). The summed E-state index contributed by atoms with van der Waals surface area (Å²) in [7, 11) is 0. The number of aryl methyl sites for hydroxylation is 1. The van der Waals surface area contributed by atoms with Crippen molar-refractivity contribution in [1.29, 1.82) is 0 Å². The quantitative estimate of drug-likeness (QED) is 0.770. The van der Waals surface area contributed by atoms with E-state index in [2.05, 4.69) is 4.98 Å². The molecule has 1 rings (SSSR count). The zero-order valence-corrected chi connectivity index (χ0v) is 6.79. The van der Waals surface area contributed by atoms with Crippen molar-refractivity contribution in [3.05, 3.63) is 29.1 Å². The van der Waals surface area contributed by atoms with Crippen molar-refractivity contribution in [2.75, 3.05) is 0 Å². The Morgan fingerprint density at radius 3 is 2.62 bits per heavy atom. The van der Waals surface area contributed by atoms with Gasteiger partial charge in [0.15, 0.2) is 0 Å². The first-order valence-electron chi connectivity index (χ1n) is 3.50. The highest BCUT2D eigenvalue weighted by Crippen LogP contribution is 2.17. The fourth-order valence-electron chi connectivity index (χ4n) is 0.916. The van der Waals surface area contributed by atoms with Gasteiger partial charge in [0.1, 0.15) is 11.4 Å². The molecule has 0 bridgehead atoms. The molecule has 70 valence electrons. The lowest BCUT2D eigenvalue weighted by molar-refractivity contribution is 0.0688. The molecular weight excluding hydrogens is 180 g/mol. The van der Waals surface area contributed by atoms with E-state index in [1.54, 1.807) is 6.92 Å². The molecule has 1 aromatic heterocycles. The van der Waals surface area contributed by atoms with E-state index in [0.717, 1.165) is 6.07 Å². The fourth-order valence-corrected chi connectivity index (χ4v) is 0.916. The van der Waals surface area contributed by atoms with Crippen LogP contribution in [-0.2, 0) is 0 Å². The zero-order chi connectivity index (χ0) is 10.0. The molecule has 0 aliphatic carbocycles. The molecule has 1 aromatic rings. The van der Waals surface area contributed by atoms with Crippen LogP contribution in [-0.4, -0.2) is 16.1 Å². The van der Waals surface area contributed by atoms with Gasteiger partial charge in [0.25, 0.3) is 6.43 Å². The van der Waals surface area contributed by atoms with Crippen LogP contribution in [0.15, 0.2) is 12.1 Å². The number of carboxylic acid groups (broad SMARTS) is 1. The third-order valence-corrected chi connectivity index (χ3v) is 1.43. The lowest BCUT2D eigenvalue weighted by atomic mass is 10.2. The van der Waals surface area contributed by atoms with Crippen LogP contribution in [0.2, 0.25) is 0 Å². The Labute approximate surface area is 73.0 Å². The van der Waals surface area contributed by atoms with Gasteiger partial charge in [0.05, 0.1) is 0 Å². The summed E-state index contributed by atoms with van der Waals surface area (Å²) in [4.78, 5) is 13.7. The summed E-state index contributed by atoms with van der Waals surface area (Å²) in [5, 5.41) is 8.51. The molecule has 0 aromatic carbocycles. The summed E-state index contributed by atoms with van der Waals surface area (Å²) >= 11 is 0. The van der Waals surface area contributed by atoms with Crippen molar-refractivity contribution in [2.45, 2.75) is 13.3 Å². The maximum absolute atomic E-state index is 12.1. The maximum Gasteiger partial charge on any atom is 0.354 e. The Morgan fingerprint density at radius 2 is 2.15 bits per heavy atom. The second-order valence-corrected chi connectivity index (χ2v) is 2.56. The summed E-state index contributed by atoms with van der Waals surface area (Å²) in [5.41, 5.74) is -0.393. The monoisotopic (exact) mass is 187 g/mol. The minimum Gasteiger partial charge on any atom is -0.477 e. The van der Waals surface area contributed by atoms with Crippen molar-refractivity contribution < 1.29 is 18.7 Å². The van der Waals surface area contributed by atoms with Gasteiger partial charge in [-0.05, 0) is 24.6 Å². The molecule has 0 aliphatic heterocycles. The van der Waals surface area contributed by atoms with E-state index >= 15 is 0 Å². The number of aromatic nitrogens is 1. The lowest BCUT2D eigenvalue weighted by Crippen LogP contribution is -2.04. The molecule has 0 aliphatic rings. The number of hydrogen-bond donors (Lipinski definition) is 1. The van der Waals surface area contributed by atoms with E-state index in [1.165, 1.54) is 6.07 Å². The number of carboxylic acids is 1. The summed E-state index contributed by atoms with van der Waals surface area (Å²) in [6.07, 6.45) is -2.74. The van der Waals surface area contributed by atoms with Crippen LogP contribution >= 0.6 is 0 Å². The van der Waals surface area contributed by atoms with Gasteiger partial charge in [-0.25, -0.2) is 18.6 Å². The molecule has 0 amide bonds. The largest absolute Gasteiger partial charge is 0.477 e. The van der Waals surface area contributed by atoms with E-state index in [-0.39, 0.29) is 5.69 Å². The fraction of sp³-hybridized carbons (Fsp3) is 0.250. The van der Waals surface area contributed by atoms with Crippen molar-refractivity contribution in [3.8, 4) is 0 Å². The first kappa shape index (κ1) is 9.57. The molecular formula is C8H7F2NO2. The van der Waals surface area contributed by atoms with Gasteiger partial charge in [0.2, 0.25) is 0 Å². The van der Waals surface area contributed by atoms with Gasteiger partial charge in [0, 0.05) is 0 Å². The number of aromatic carboxylic acids is 1. The molecule has 5 heteroatoms. The number of halogens is 2. The molecule has 0 fully saturated rings. The Balaban J connectivity index is 3.19. The number of alkyl halides is 2. The average Bonchev–Trinajstić information content (AvgIpc) is 2.03. The average molecular weight is 187 g/mol. The minimum atomic E-state index is -2.74. The molecule has 13 heavy (non-hydrogen) atoms.